The maximum atomic E-state index is 9.08. The van der Waals surface area contributed by atoms with E-state index in [1.165, 1.54) is 76.3 Å². The zero-order chi connectivity index (χ0) is 18.3. The Balaban J connectivity index is 0.000000922. The van der Waals surface area contributed by atoms with E-state index < -0.39 is 10.1 Å². The molecular formula is C19H35NO3S. The molecule has 140 valence electrons. The van der Waals surface area contributed by atoms with Crippen LogP contribution in [0.4, 0.5) is 0 Å². The summed E-state index contributed by atoms with van der Waals surface area (Å²) >= 11 is 0. The highest BCUT2D eigenvalue weighted by Crippen LogP contribution is 2.07. The minimum Gasteiger partial charge on any atom is -0.748 e. The molecule has 0 amide bonds. The van der Waals surface area contributed by atoms with Crippen LogP contribution in [0, 0.1) is 0 Å². The minimum atomic E-state index is -3.92. The topological polar surface area (TPSA) is 61.1 Å². The number of aromatic nitrogens is 1. The zero-order valence-corrected chi connectivity index (χ0v) is 16.5. The van der Waals surface area contributed by atoms with Gasteiger partial charge >= 0.3 is 0 Å². The SMILES string of the molecule is CCCCCCCCC[n+]1ccc(CCCC)cc1.CS(=O)(=O)[O-]. The molecule has 1 aromatic rings. The lowest BCUT2D eigenvalue weighted by molar-refractivity contribution is -0.697. The Labute approximate surface area is 149 Å². The van der Waals surface area contributed by atoms with E-state index in [1.807, 2.05) is 0 Å². The largest absolute Gasteiger partial charge is 0.748 e. The van der Waals surface area contributed by atoms with Crippen molar-refractivity contribution < 1.29 is 17.5 Å². The molecule has 0 aliphatic carbocycles. The molecule has 24 heavy (non-hydrogen) atoms. The van der Waals surface area contributed by atoms with Crippen molar-refractivity contribution in [3.05, 3.63) is 30.1 Å². The van der Waals surface area contributed by atoms with Gasteiger partial charge in [-0.15, -0.1) is 0 Å². The Morgan fingerprint density at radius 1 is 0.875 bits per heavy atom. The smallest absolute Gasteiger partial charge is 0.169 e. The van der Waals surface area contributed by atoms with E-state index in [-0.39, 0.29) is 0 Å². The number of unbranched alkanes of at least 4 members (excludes halogenated alkanes) is 7. The molecule has 0 spiro atoms. The van der Waals surface area contributed by atoms with Gasteiger partial charge in [0.2, 0.25) is 0 Å². The number of nitrogens with zero attached hydrogens (tertiary/aromatic N) is 1. The van der Waals surface area contributed by atoms with Crippen LogP contribution >= 0.6 is 0 Å². The highest BCUT2D eigenvalue weighted by atomic mass is 32.2. The van der Waals surface area contributed by atoms with Crippen molar-refractivity contribution in [3.63, 3.8) is 0 Å². The van der Waals surface area contributed by atoms with Gasteiger partial charge in [-0.1, -0.05) is 52.4 Å². The van der Waals surface area contributed by atoms with Crippen LogP contribution in [0.1, 0.15) is 77.2 Å². The average molecular weight is 358 g/mol. The van der Waals surface area contributed by atoms with E-state index in [0.717, 1.165) is 0 Å². The molecule has 0 atom stereocenters. The second-order valence-electron chi connectivity index (χ2n) is 6.37. The van der Waals surface area contributed by atoms with Gasteiger partial charge in [0, 0.05) is 24.8 Å². The molecule has 0 aromatic carbocycles. The maximum absolute atomic E-state index is 9.08. The number of rotatable bonds is 11. The van der Waals surface area contributed by atoms with Gasteiger partial charge in [0.15, 0.2) is 12.4 Å². The van der Waals surface area contributed by atoms with Gasteiger partial charge in [-0.3, -0.25) is 0 Å². The van der Waals surface area contributed by atoms with Crippen molar-refractivity contribution in [1.29, 1.82) is 0 Å². The normalized spacial score (nSPS) is 11.0. The van der Waals surface area contributed by atoms with Crippen LogP contribution in [0.25, 0.3) is 0 Å². The summed E-state index contributed by atoms with van der Waals surface area (Å²) in [7, 11) is -3.92. The molecule has 5 heteroatoms. The van der Waals surface area contributed by atoms with Crippen LogP contribution in [-0.4, -0.2) is 19.2 Å². The van der Waals surface area contributed by atoms with Gasteiger partial charge in [-0.2, -0.15) is 0 Å². The summed E-state index contributed by atoms with van der Waals surface area (Å²) in [6, 6.07) is 4.58. The molecule has 0 aliphatic heterocycles. The van der Waals surface area contributed by atoms with Crippen LogP contribution in [0.2, 0.25) is 0 Å². The highest BCUT2D eigenvalue weighted by Gasteiger charge is 2.00. The van der Waals surface area contributed by atoms with Gasteiger partial charge in [0.05, 0.1) is 10.1 Å². The van der Waals surface area contributed by atoms with Gasteiger partial charge in [0.25, 0.3) is 0 Å². The second-order valence-corrected chi connectivity index (χ2v) is 7.78. The molecule has 1 heterocycles. The van der Waals surface area contributed by atoms with E-state index in [9.17, 15) is 0 Å². The third-order valence-corrected chi connectivity index (χ3v) is 3.80. The van der Waals surface area contributed by atoms with E-state index >= 15 is 0 Å². The third-order valence-electron chi connectivity index (χ3n) is 3.80. The minimum absolute atomic E-state index is 0.604. The van der Waals surface area contributed by atoms with Crippen molar-refractivity contribution in [3.8, 4) is 0 Å². The van der Waals surface area contributed by atoms with Crippen LogP contribution in [-0.2, 0) is 23.1 Å². The van der Waals surface area contributed by atoms with Crippen molar-refractivity contribution in [2.45, 2.75) is 84.6 Å². The maximum Gasteiger partial charge on any atom is 0.169 e. The Bertz CT molecular complexity index is 490. The first-order chi connectivity index (χ1) is 11.4. The fraction of sp³-hybridized carbons (Fsp3) is 0.737. The summed E-state index contributed by atoms with van der Waals surface area (Å²) in [6.07, 6.45) is 18.7. The van der Waals surface area contributed by atoms with Crippen LogP contribution in [0.15, 0.2) is 24.5 Å². The van der Waals surface area contributed by atoms with Crippen molar-refractivity contribution in [2.75, 3.05) is 6.26 Å². The fourth-order valence-corrected chi connectivity index (χ4v) is 2.44. The predicted octanol–water partition coefficient (Wildman–Crippen LogP) is 4.23. The fourth-order valence-electron chi connectivity index (χ4n) is 2.44. The molecule has 0 radical (unpaired) electrons. The highest BCUT2D eigenvalue weighted by molar-refractivity contribution is 7.84. The van der Waals surface area contributed by atoms with Gasteiger partial charge in [0.1, 0.15) is 6.54 Å². The summed E-state index contributed by atoms with van der Waals surface area (Å²) in [4.78, 5) is 0. The molecular weight excluding hydrogens is 322 g/mol. The average Bonchev–Trinajstić information content (AvgIpc) is 2.51. The molecule has 0 bridgehead atoms. The summed E-state index contributed by atoms with van der Waals surface area (Å²) in [5.41, 5.74) is 1.48. The number of hydrogen-bond acceptors (Lipinski definition) is 3. The van der Waals surface area contributed by atoms with E-state index in [2.05, 4.69) is 42.9 Å². The Kier molecular flexibility index (Phi) is 13.8. The van der Waals surface area contributed by atoms with E-state index in [1.54, 1.807) is 0 Å². The molecule has 1 aromatic heterocycles. The second kappa shape index (κ2) is 14.4. The number of pyridine rings is 1. The number of hydrogen-bond donors (Lipinski definition) is 0. The molecule has 0 N–H and O–H groups in total. The van der Waals surface area contributed by atoms with Crippen LogP contribution < -0.4 is 4.57 Å². The number of aryl methyl sites for hydroxylation is 2. The molecule has 0 fully saturated rings. The third kappa shape index (κ3) is 17.4. The first-order valence-electron chi connectivity index (χ1n) is 9.25. The Hall–Kier alpha value is -0.940. The Morgan fingerprint density at radius 3 is 1.83 bits per heavy atom. The lowest BCUT2D eigenvalue weighted by atomic mass is 10.1. The van der Waals surface area contributed by atoms with Crippen LogP contribution in [0.5, 0.6) is 0 Å². The van der Waals surface area contributed by atoms with Crippen LogP contribution in [0.3, 0.4) is 0 Å². The molecule has 4 nitrogen and oxygen atoms in total. The first kappa shape index (κ1) is 23.1. The van der Waals surface area contributed by atoms with Gasteiger partial charge < -0.3 is 4.55 Å². The standard InChI is InChI=1S/C18H32N.CH4O3S/c1-3-5-7-8-9-10-11-15-19-16-13-18(14-17-19)12-6-4-2;1-5(2,3)4/h13-14,16-17H,3-12,15H2,1-2H3;1H3,(H,2,3,4)/q+1;/p-1. The summed E-state index contributed by atoms with van der Waals surface area (Å²) in [5, 5.41) is 0. The lowest BCUT2D eigenvalue weighted by Crippen LogP contribution is -2.32. The van der Waals surface area contributed by atoms with Crippen molar-refractivity contribution in [2.24, 2.45) is 0 Å². The summed E-state index contributed by atoms with van der Waals surface area (Å²) < 4.78 is 29.6. The quantitative estimate of drug-likeness (QED) is 0.338. The first-order valence-corrected chi connectivity index (χ1v) is 11.1. The van der Waals surface area contributed by atoms with E-state index in [0.29, 0.717) is 6.26 Å². The summed E-state index contributed by atoms with van der Waals surface area (Å²) in [5.74, 6) is 0. The Morgan fingerprint density at radius 2 is 1.33 bits per heavy atom. The summed E-state index contributed by atoms with van der Waals surface area (Å²) in [6.45, 7) is 5.71. The molecule has 0 saturated carbocycles. The lowest BCUT2D eigenvalue weighted by Gasteiger charge is -2.01. The molecule has 0 aliphatic rings. The molecule has 0 saturated heterocycles. The van der Waals surface area contributed by atoms with Gasteiger partial charge in [-0.05, 0) is 24.8 Å². The van der Waals surface area contributed by atoms with Gasteiger partial charge in [-0.25, -0.2) is 13.0 Å². The molecule has 1 rings (SSSR count). The van der Waals surface area contributed by atoms with E-state index in [4.69, 9.17) is 13.0 Å². The zero-order valence-electron chi connectivity index (χ0n) is 15.7. The van der Waals surface area contributed by atoms with Crippen molar-refractivity contribution in [1.82, 2.24) is 0 Å². The van der Waals surface area contributed by atoms with Crippen molar-refractivity contribution >= 4 is 10.1 Å². The predicted molar refractivity (Wildman–Crippen MR) is 98.9 cm³/mol. The monoisotopic (exact) mass is 357 g/mol. The molecule has 0 unspecified atom stereocenters.